The van der Waals surface area contributed by atoms with Crippen LogP contribution in [0.5, 0.6) is 0 Å². The number of piperazine rings is 1. The summed E-state index contributed by atoms with van der Waals surface area (Å²) in [7, 11) is 0. The molecule has 5 heteroatoms. The Morgan fingerprint density at radius 1 is 1.12 bits per heavy atom. The highest BCUT2D eigenvalue weighted by Crippen LogP contribution is 2.21. The summed E-state index contributed by atoms with van der Waals surface area (Å²) in [6.45, 7) is 4.20. The van der Waals surface area contributed by atoms with Crippen molar-refractivity contribution in [3.63, 3.8) is 0 Å². The molecule has 1 aromatic carbocycles. The molecule has 2 heterocycles. The molecule has 0 spiro atoms. The van der Waals surface area contributed by atoms with Gasteiger partial charge in [0.2, 0.25) is 12.3 Å². The average molecular weight is 230 g/mol. The Bertz CT molecular complexity index is 460. The summed E-state index contributed by atoms with van der Waals surface area (Å²) < 4.78 is 5.16. The molecule has 0 atom stereocenters. The van der Waals surface area contributed by atoms with Crippen LogP contribution < -0.4 is 10.2 Å². The van der Waals surface area contributed by atoms with Crippen LogP contribution in [0.1, 0.15) is 0 Å². The van der Waals surface area contributed by atoms with Crippen LogP contribution in [-0.2, 0) is 0 Å². The molecule has 2 aromatic rings. The van der Waals surface area contributed by atoms with Gasteiger partial charge in [0.15, 0.2) is 0 Å². The summed E-state index contributed by atoms with van der Waals surface area (Å²) in [4.78, 5) is 2.37. The molecule has 0 saturated carbocycles. The van der Waals surface area contributed by atoms with Crippen molar-refractivity contribution in [3.8, 4) is 11.5 Å². The average Bonchev–Trinajstić information content (AvgIpc) is 2.94. The van der Waals surface area contributed by atoms with E-state index in [-0.39, 0.29) is 0 Å². The van der Waals surface area contributed by atoms with E-state index < -0.39 is 0 Å². The van der Waals surface area contributed by atoms with Gasteiger partial charge in [-0.2, -0.15) is 0 Å². The lowest BCUT2D eigenvalue weighted by atomic mass is 10.2. The number of aromatic nitrogens is 2. The molecule has 5 nitrogen and oxygen atoms in total. The fourth-order valence-electron chi connectivity index (χ4n) is 2.04. The van der Waals surface area contributed by atoms with Crippen molar-refractivity contribution in [2.24, 2.45) is 0 Å². The van der Waals surface area contributed by atoms with Crippen molar-refractivity contribution in [1.29, 1.82) is 0 Å². The maximum absolute atomic E-state index is 5.16. The topological polar surface area (TPSA) is 54.2 Å². The summed E-state index contributed by atoms with van der Waals surface area (Å²) >= 11 is 0. The summed E-state index contributed by atoms with van der Waals surface area (Å²) in [6.07, 6.45) is 1.35. The van der Waals surface area contributed by atoms with Crippen LogP contribution in [0.2, 0.25) is 0 Å². The van der Waals surface area contributed by atoms with Gasteiger partial charge in [-0.25, -0.2) is 0 Å². The normalized spacial score (nSPS) is 16.1. The van der Waals surface area contributed by atoms with E-state index in [1.165, 1.54) is 12.1 Å². The molecule has 1 saturated heterocycles. The highest BCUT2D eigenvalue weighted by atomic mass is 16.4. The molecule has 1 aliphatic heterocycles. The number of rotatable bonds is 2. The van der Waals surface area contributed by atoms with Gasteiger partial charge in [0.1, 0.15) is 0 Å². The van der Waals surface area contributed by atoms with E-state index in [9.17, 15) is 0 Å². The van der Waals surface area contributed by atoms with Gasteiger partial charge in [-0.1, -0.05) is 0 Å². The summed E-state index contributed by atoms with van der Waals surface area (Å²) in [5.41, 5.74) is 2.20. The Labute approximate surface area is 99.5 Å². The first-order chi connectivity index (χ1) is 8.43. The second-order valence-electron chi connectivity index (χ2n) is 4.03. The van der Waals surface area contributed by atoms with E-state index in [4.69, 9.17) is 4.42 Å². The molecule has 1 aromatic heterocycles. The van der Waals surface area contributed by atoms with Gasteiger partial charge in [0, 0.05) is 37.4 Å². The zero-order chi connectivity index (χ0) is 11.5. The van der Waals surface area contributed by atoms with Gasteiger partial charge >= 0.3 is 0 Å². The number of hydrogen-bond acceptors (Lipinski definition) is 5. The third-order valence-corrected chi connectivity index (χ3v) is 2.96. The first-order valence-electron chi connectivity index (χ1n) is 5.76. The number of anilines is 1. The van der Waals surface area contributed by atoms with Gasteiger partial charge < -0.3 is 14.6 Å². The molecule has 0 amide bonds. The highest BCUT2D eigenvalue weighted by Gasteiger charge is 2.10. The SMILES string of the molecule is c1nnc(-c2ccc(N3CCNCC3)cc2)o1. The molecule has 3 rings (SSSR count). The maximum Gasteiger partial charge on any atom is 0.247 e. The van der Waals surface area contributed by atoms with Crippen molar-refractivity contribution in [2.45, 2.75) is 0 Å². The number of benzene rings is 1. The minimum atomic E-state index is 0.567. The van der Waals surface area contributed by atoms with E-state index in [0.717, 1.165) is 31.7 Å². The predicted molar refractivity (Wildman–Crippen MR) is 64.8 cm³/mol. The maximum atomic E-state index is 5.16. The Morgan fingerprint density at radius 2 is 1.88 bits per heavy atom. The molecular weight excluding hydrogens is 216 g/mol. The van der Waals surface area contributed by atoms with Crippen molar-refractivity contribution >= 4 is 5.69 Å². The third-order valence-electron chi connectivity index (χ3n) is 2.96. The predicted octanol–water partition coefficient (Wildman–Crippen LogP) is 1.15. The Balaban J connectivity index is 1.80. The van der Waals surface area contributed by atoms with E-state index in [2.05, 4.69) is 32.5 Å². The molecule has 17 heavy (non-hydrogen) atoms. The second-order valence-corrected chi connectivity index (χ2v) is 4.03. The number of nitrogens with one attached hydrogen (secondary N) is 1. The minimum Gasteiger partial charge on any atom is -0.423 e. The van der Waals surface area contributed by atoms with Crippen LogP contribution in [0.3, 0.4) is 0 Å². The van der Waals surface area contributed by atoms with Crippen molar-refractivity contribution in [3.05, 3.63) is 30.7 Å². The molecule has 1 aliphatic rings. The first-order valence-corrected chi connectivity index (χ1v) is 5.76. The zero-order valence-electron chi connectivity index (χ0n) is 9.47. The van der Waals surface area contributed by atoms with E-state index >= 15 is 0 Å². The molecule has 0 aliphatic carbocycles. The van der Waals surface area contributed by atoms with Crippen molar-refractivity contribution in [1.82, 2.24) is 15.5 Å². The molecule has 0 unspecified atom stereocenters. The highest BCUT2D eigenvalue weighted by molar-refractivity contribution is 5.59. The quantitative estimate of drug-likeness (QED) is 0.838. The lowest BCUT2D eigenvalue weighted by molar-refractivity contribution is 0.568. The molecule has 0 radical (unpaired) electrons. The van der Waals surface area contributed by atoms with Crippen LogP contribution in [0.4, 0.5) is 5.69 Å². The Hall–Kier alpha value is -1.88. The fraction of sp³-hybridized carbons (Fsp3) is 0.333. The van der Waals surface area contributed by atoms with Crippen LogP contribution in [0.25, 0.3) is 11.5 Å². The van der Waals surface area contributed by atoms with E-state index in [1.54, 1.807) is 0 Å². The van der Waals surface area contributed by atoms with E-state index in [1.807, 2.05) is 12.1 Å². The molecular formula is C12H14N4O. The molecule has 1 N–H and O–H groups in total. The summed E-state index contributed by atoms with van der Waals surface area (Å²) in [5.74, 6) is 0.567. The molecule has 1 fully saturated rings. The lowest BCUT2D eigenvalue weighted by Gasteiger charge is -2.29. The standard InChI is InChI=1S/C12H14N4O/c1-3-11(16-7-5-13-6-8-16)4-2-10(1)12-15-14-9-17-12/h1-4,9,13H,5-8H2. The van der Waals surface area contributed by atoms with Gasteiger partial charge in [-0.15, -0.1) is 10.2 Å². The number of nitrogens with zero attached hydrogens (tertiary/aromatic N) is 3. The summed E-state index contributed by atoms with van der Waals surface area (Å²) in [6, 6.07) is 8.24. The minimum absolute atomic E-state index is 0.567. The van der Waals surface area contributed by atoms with Gasteiger partial charge in [-0.05, 0) is 24.3 Å². The Morgan fingerprint density at radius 3 is 2.53 bits per heavy atom. The van der Waals surface area contributed by atoms with Gasteiger partial charge in [0.25, 0.3) is 0 Å². The van der Waals surface area contributed by atoms with Crippen molar-refractivity contribution < 1.29 is 4.42 Å². The first kappa shape index (κ1) is 10.3. The monoisotopic (exact) mass is 230 g/mol. The second kappa shape index (κ2) is 4.55. The van der Waals surface area contributed by atoms with Gasteiger partial charge in [0.05, 0.1) is 0 Å². The lowest BCUT2D eigenvalue weighted by Crippen LogP contribution is -2.43. The number of hydrogen-bond donors (Lipinski definition) is 1. The molecule has 0 bridgehead atoms. The van der Waals surface area contributed by atoms with Crippen LogP contribution >= 0.6 is 0 Å². The summed E-state index contributed by atoms with van der Waals surface area (Å²) in [5, 5.41) is 10.9. The Kier molecular flexibility index (Phi) is 2.75. The fourth-order valence-corrected chi connectivity index (χ4v) is 2.04. The van der Waals surface area contributed by atoms with Crippen LogP contribution in [0.15, 0.2) is 35.1 Å². The van der Waals surface area contributed by atoms with E-state index in [0.29, 0.717) is 5.89 Å². The zero-order valence-corrected chi connectivity index (χ0v) is 9.47. The third kappa shape index (κ3) is 2.14. The van der Waals surface area contributed by atoms with Gasteiger partial charge in [-0.3, -0.25) is 0 Å². The van der Waals surface area contributed by atoms with Crippen molar-refractivity contribution in [2.75, 3.05) is 31.1 Å². The van der Waals surface area contributed by atoms with Crippen LogP contribution in [-0.4, -0.2) is 36.4 Å². The molecule has 88 valence electrons. The smallest absolute Gasteiger partial charge is 0.247 e. The largest absolute Gasteiger partial charge is 0.423 e. The van der Waals surface area contributed by atoms with Crippen LogP contribution in [0, 0.1) is 0 Å².